The van der Waals surface area contributed by atoms with E-state index in [1.807, 2.05) is 13.0 Å². The molecule has 2 aromatic rings. The van der Waals surface area contributed by atoms with E-state index < -0.39 is 0 Å². The maximum absolute atomic E-state index is 12.1. The second-order valence-electron chi connectivity index (χ2n) is 3.42. The maximum Gasteiger partial charge on any atom is 0.261 e. The number of nitrogens with zero attached hydrogens (tertiary/aromatic N) is 2. The predicted octanol–water partition coefficient (Wildman–Crippen LogP) is 2.87. The van der Waals surface area contributed by atoms with Crippen LogP contribution in [0.4, 0.5) is 5.13 Å². The lowest BCUT2D eigenvalue weighted by atomic mass is 10.2. The highest BCUT2D eigenvalue weighted by molar-refractivity contribution is 9.10. The van der Waals surface area contributed by atoms with Crippen molar-refractivity contribution < 1.29 is 9.53 Å². The average Bonchev–Trinajstić information content (AvgIpc) is 2.74. The Labute approximate surface area is 116 Å². The molecule has 18 heavy (non-hydrogen) atoms. The molecule has 0 fully saturated rings. The normalized spacial score (nSPS) is 10.2. The standard InChI is InChI=1S/C11H10BrN3O2S/c1-6-14-15-11(18-6)13-10(16)8-5-7(12)3-4-9(8)17-2/h3-5H,1-2H3,(H,13,15,16). The number of amides is 1. The van der Waals surface area contributed by atoms with Crippen molar-refractivity contribution in [2.45, 2.75) is 6.92 Å². The third kappa shape index (κ3) is 2.85. The summed E-state index contributed by atoms with van der Waals surface area (Å²) >= 11 is 4.64. The molecule has 0 aliphatic rings. The molecule has 7 heteroatoms. The minimum Gasteiger partial charge on any atom is -0.496 e. The predicted molar refractivity (Wildman–Crippen MR) is 73.3 cm³/mol. The summed E-state index contributed by atoms with van der Waals surface area (Å²) in [6.45, 7) is 1.83. The van der Waals surface area contributed by atoms with Gasteiger partial charge in [-0.05, 0) is 25.1 Å². The Morgan fingerprint density at radius 1 is 1.44 bits per heavy atom. The minimum atomic E-state index is -0.274. The number of hydrogen-bond donors (Lipinski definition) is 1. The van der Waals surface area contributed by atoms with Crippen LogP contribution in [0.15, 0.2) is 22.7 Å². The van der Waals surface area contributed by atoms with Gasteiger partial charge < -0.3 is 4.74 Å². The van der Waals surface area contributed by atoms with Crippen molar-refractivity contribution in [1.29, 1.82) is 0 Å². The van der Waals surface area contributed by atoms with Crippen LogP contribution in [0.5, 0.6) is 5.75 Å². The van der Waals surface area contributed by atoms with Crippen molar-refractivity contribution in [2.75, 3.05) is 12.4 Å². The summed E-state index contributed by atoms with van der Waals surface area (Å²) in [7, 11) is 1.52. The van der Waals surface area contributed by atoms with Gasteiger partial charge in [-0.3, -0.25) is 10.1 Å². The van der Waals surface area contributed by atoms with Crippen LogP contribution >= 0.6 is 27.3 Å². The average molecular weight is 328 g/mol. The van der Waals surface area contributed by atoms with Gasteiger partial charge in [0.2, 0.25) is 5.13 Å². The highest BCUT2D eigenvalue weighted by atomic mass is 79.9. The molecule has 1 heterocycles. The largest absolute Gasteiger partial charge is 0.496 e. The Morgan fingerprint density at radius 2 is 2.22 bits per heavy atom. The van der Waals surface area contributed by atoms with Gasteiger partial charge >= 0.3 is 0 Å². The first kappa shape index (κ1) is 13.0. The number of aromatic nitrogens is 2. The van der Waals surface area contributed by atoms with Crippen molar-refractivity contribution >= 4 is 38.3 Å². The zero-order chi connectivity index (χ0) is 13.1. The van der Waals surface area contributed by atoms with Gasteiger partial charge in [0, 0.05) is 4.47 Å². The summed E-state index contributed by atoms with van der Waals surface area (Å²) in [5.41, 5.74) is 0.444. The summed E-state index contributed by atoms with van der Waals surface area (Å²) in [6.07, 6.45) is 0. The van der Waals surface area contributed by atoms with Crippen LogP contribution in [0.3, 0.4) is 0 Å². The number of halogens is 1. The van der Waals surface area contributed by atoms with Gasteiger partial charge in [-0.2, -0.15) is 0 Å². The molecule has 0 atom stereocenters. The van der Waals surface area contributed by atoms with Crippen molar-refractivity contribution in [2.24, 2.45) is 0 Å². The van der Waals surface area contributed by atoms with E-state index in [9.17, 15) is 4.79 Å². The summed E-state index contributed by atoms with van der Waals surface area (Å²) < 4.78 is 5.96. The summed E-state index contributed by atoms with van der Waals surface area (Å²) in [5.74, 6) is 0.237. The quantitative estimate of drug-likeness (QED) is 0.941. The molecule has 0 unspecified atom stereocenters. The fraction of sp³-hybridized carbons (Fsp3) is 0.182. The van der Waals surface area contributed by atoms with Gasteiger partial charge in [0.1, 0.15) is 10.8 Å². The fourth-order valence-corrected chi connectivity index (χ4v) is 2.32. The first-order chi connectivity index (χ1) is 8.60. The molecule has 0 aliphatic heterocycles. The minimum absolute atomic E-state index is 0.274. The third-order valence-electron chi connectivity index (χ3n) is 2.15. The van der Waals surface area contributed by atoms with Crippen LogP contribution in [-0.2, 0) is 0 Å². The van der Waals surface area contributed by atoms with Crippen molar-refractivity contribution in [3.63, 3.8) is 0 Å². The molecule has 1 amide bonds. The van der Waals surface area contributed by atoms with E-state index in [2.05, 4.69) is 31.4 Å². The smallest absolute Gasteiger partial charge is 0.261 e. The van der Waals surface area contributed by atoms with Gasteiger partial charge in [-0.1, -0.05) is 27.3 Å². The molecule has 1 aromatic carbocycles. The van der Waals surface area contributed by atoms with Crippen LogP contribution in [0.25, 0.3) is 0 Å². The summed E-state index contributed by atoms with van der Waals surface area (Å²) in [4.78, 5) is 12.1. The summed E-state index contributed by atoms with van der Waals surface area (Å²) in [5, 5.41) is 11.6. The van der Waals surface area contributed by atoms with Crippen LogP contribution in [0, 0.1) is 6.92 Å². The van der Waals surface area contributed by atoms with Crippen LogP contribution < -0.4 is 10.1 Å². The zero-order valence-corrected chi connectivity index (χ0v) is 12.1. The van der Waals surface area contributed by atoms with E-state index in [0.29, 0.717) is 16.4 Å². The van der Waals surface area contributed by atoms with Gasteiger partial charge in [0.15, 0.2) is 0 Å². The highest BCUT2D eigenvalue weighted by Crippen LogP contribution is 2.24. The number of ether oxygens (including phenoxy) is 1. The second-order valence-corrected chi connectivity index (χ2v) is 5.52. The van der Waals surface area contributed by atoms with Gasteiger partial charge in [0.05, 0.1) is 12.7 Å². The number of carbonyl (C=O) groups excluding carboxylic acids is 1. The Bertz CT molecular complexity index is 585. The molecule has 94 valence electrons. The number of methoxy groups -OCH3 is 1. The highest BCUT2D eigenvalue weighted by Gasteiger charge is 2.14. The molecular formula is C11H10BrN3O2S. The Hall–Kier alpha value is -1.47. The Morgan fingerprint density at radius 3 is 2.83 bits per heavy atom. The van der Waals surface area contributed by atoms with E-state index >= 15 is 0 Å². The monoisotopic (exact) mass is 327 g/mol. The molecule has 2 rings (SSSR count). The van der Waals surface area contributed by atoms with Crippen LogP contribution in [0.1, 0.15) is 15.4 Å². The van der Waals surface area contributed by atoms with Gasteiger partial charge in [0.25, 0.3) is 5.91 Å². The van der Waals surface area contributed by atoms with E-state index in [1.165, 1.54) is 18.4 Å². The number of anilines is 1. The number of aryl methyl sites for hydroxylation is 1. The molecule has 0 saturated carbocycles. The Balaban J connectivity index is 2.25. The van der Waals surface area contributed by atoms with E-state index in [4.69, 9.17) is 4.74 Å². The molecule has 1 N–H and O–H groups in total. The molecular weight excluding hydrogens is 318 g/mol. The number of hydrogen-bond acceptors (Lipinski definition) is 5. The van der Waals surface area contributed by atoms with Gasteiger partial charge in [-0.25, -0.2) is 0 Å². The van der Waals surface area contributed by atoms with E-state index in [0.717, 1.165) is 9.48 Å². The zero-order valence-electron chi connectivity index (χ0n) is 9.73. The molecule has 0 radical (unpaired) electrons. The lowest BCUT2D eigenvalue weighted by Gasteiger charge is -2.07. The molecule has 5 nitrogen and oxygen atoms in total. The Kier molecular flexibility index (Phi) is 3.93. The number of benzene rings is 1. The third-order valence-corrected chi connectivity index (χ3v) is 3.40. The maximum atomic E-state index is 12.1. The molecule has 0 saturated heterocycles. The van der Waals surface area contributed by atoms with Crippen LogP contribution in [-0.4, -0.2) is 23.2 Å². The lowest BCUT2D eigenvalue weighted by Crippen LogP contribution is -2.13. The first-order valence-corrected chi connectivity index (χ1v) is 6.66. The van der Waals surface area contributed by atoms with E-state index in [-0.39, 0.29) is 5.91 Å². The molecule has 1 aromatic heterocycles. The van der Waals surface area contributed by atoms with Crippen molar-refractivity contribution in [1.82, 2.24) is 10.2 Å². The number of rotatable bonds is 3. The topological polar surface area (TPSA) is 64.1 Å². The lowest BCUT2D eigenvalue weighted by molar-refractivity contribution is 0.102. The van der Waals surface area contributed by atoms with Crippen LogP contribution in [0.2, 0.25) is 0 Å². The second kappa shape index (κ2) is 5.45. The van der Waals surface area contributed by atoms with Crippen molar-refractivity contribution in [3.05, 3.63) is 33.2 Å². The molecule has 0 spiro atoms. The van der Waals surface area contributed by atoms with Crippen molar-refractivity contribution in [3.8, 4) is 5.75 Å². The van der Waals surface area contributed by atoms with Gasteiger partial charge in [-0.15, -0.1) is 10.2 Å². The summed E-state index contributed by atoms with van der Waals surface area (Å²) in [6, 6.07) is 5.23. The SMILES string of the molecule is COc1ccc(Br)cc1C(=O)Nc1nnc(C)s1. The molecule has 0 aliphatic carbocycles. The molecule has 0 bridgehead atoms. The fourth-order valence-electron chi connectivity index (χ4n) is 1.37. The first-order valence-electron chi connectivity index (χ1n) is 5.05. The van der Waals surface area contributed by atoms with E-state index in [1.54, 1.807) is 12.1 Å². The number of nitrogens with one attached hydrogen (secondary N) is 1. The number of carbonyl (C=O) groups is 1.